The molecule has 3 heterocycles. The first kappa shape index (κ1) is 18.4. The standard InChI is InChI=1S/C19H25N3O4S/c1-12(23)20-11-16(24)22-7-5-19(6-8-22)17-13(4-9-26-19)10-15(27-17)18(25)21-14-2-3-14/h10,14H,2-9,11H2,1H3,(H,20,23)(H,21,25). The summed E-state index contributed by atoms with van der Waals surface area (Å²) in [4.78, 5) is 39.4. The maximum absolute atomic E-state index is 12.4. The Labute approximate surface area is 162 Å². The van der Waals surface area contributed by atoms with Crippen LogP contribution < -0.4 is 10.6 Å². The molecular weight excluding hydrogens is 366 g/mol. The maximum atomic E-state index is 12.4. The normalized spacial score (nSPS) is 20.9. The van der Waals surface area contributed by atoms with Crippen molar-refractivity contribution >= 4 is 29.1 Å². The van der Waals surface area contributed by atoms with Crippen LogP contribution in [0.4, 0.5) is 0 Å². The van der Waals surface area contributed by atoms with Crippen LogP contribution in [0.3, 0.4) is 0 Å². The van der Waals surface area contributed by atoms with Crippen molar-refractivity contribution in [3.63, 3.8) is 0 Å². The number of nitrogens with zero attached hydrogens (tertiary/aromatic N) is 1. The Morgan fingerprint density at radius 2 is 2.04 bits per heavy atom. The van der Waals surface area contributed by atoms with Gasteiger partial charge in [0.05, 0.1) is 18.0 Å². The molecule has 1 aliphatic carbocycles. The molecule has 8 heteroatoms. The zero-order valence-electron chi connectivity index (χ0n) is 15.5. The molecule has 1 saturated carbocycles. The topological polar surface area (TPSA) is 87.7 Å². The van der Waals surface area contributed by atoms with Crippen LogP contribution in [0, 0.1) is 0 Å². The second kappa shape index (κ2) is 7.24. The molecule has 27 heavy (non-hydrogen) atoms. The minimum absolute atomic E-state index is 0.0231. The number of fused-ring (bicyclic) bond motifs is 2. The highest BCUT2D eigenvalue weighted by Crippen LogP contribution is 2.45. The van der Waals surface area contributed by atoms with Crippen LogP contribution >= 0.6 is 11.3 Å². The summed E-state index contributed by atoms with van der Waals surface area (Å²) in [5.41, 5.74) is 0.825. The molecule has 2 fully saturated rings. The van der Waals surface area contributed by atoms with Crippen LogP contribution in [0.25, 0.3) is 0 Å². The second-order valence-electron chi connectivity index (χ2n) is 7.60. The van der Waals surface area contributed by atoms with Crippen molar-refractivity contribution in [1.29, 1.82) is 0 Å². The molecule has 0 bridgehead atoms. The van der Waals surface area contributed by atoms with Crippen molar-refractivity contribution < 1.29 is 19.1 Å². The lowest BCUT2D eigenvalue weighted by Gasteiger charge is -2.43. The highest BCUT2D eigenvalue weighted by Gasteiger charge is 2.43. The fraction of sp³-hybridized carbons (Fsp3) is 0.632. The molecule has 1 spiro atoms. The molecule has 4 rings (SSSR count). The molecule has 0 atom stereocenters. The van der Waals surface area contributed by atoms with Gasteiger partial charge in [-0.1, -0.05) is 0 Å². The van der Waals surface area contributed by atoms with Crippen molar-refractivity contribution in [1.82, 2.24) is 15.5 Å². The van der Waals surface area contributed by atoms with Crippen LogP contribution in [0.15, 0.2) is 6.07 Å². The third-order valence-corrected chi connectivity index (χ3v) is 6.88. The minimum atomic E-state index is -0.388. The molecule has 0 aromatic carbocycles. The van der Waals surface area contributed by atoms with E-state index in [1.54, 1.807) is 16.2 Å². The minimum Gasteiger partial charge on any atom is -0.369 e. The number of nitrogens with one attached hydrogen (secondary N) is 2. The van der Waals surface area contributed by atoms with Gasteiger partial charge in [0, 0.05) is 30.9 Å². The van der Waals surface area contributed by atoms with Gasteiger partial charge in [-0.3, -0.25) is 14.4 Å². The average Bonchev–Trinajstić information content (AvgIpc) is 3.34. The molecule has 146 valence electrons. The third kappa shape index (κ3) is 3.87. The zero-order valence-corrected chi connectivity index (χ0v) is 16.3. The Morgan fingerprint density at radius 3 is 2.70 bits per heavy atom. The van der Waals surface area contributed by atoms with Gasteiger partial charge in [-0.25, -0.2) is 0 Å². The first-order chi connectivity index (χ1) is 13.0. The summed E-state index contributed by atoms with van der Waals surface area (Å²) in [5.74, 6) is -0.241. The van der Waals surface area contributed by atoms with Crippen molar-refractivity contribution in [2.24, 2.45) is 0 Å². The van der Waals surface area contributed by atoms with E-state index in [2.05, 4.69) is 10.6 Å². The zero-order chi connectivity index (χ0) is 19.0. The molecule has 2 aliphatic heterocycles. The summed E-state index contributed by atoms with van der Waals surface area (Å²) in [6.07, 6.45) is 4.42. The second-order valence-corrected chi connectivity index (χ2v) is 8.65. The molecule has 0 unspecified atom stereocenters. The van der Waals surface area contributed by atoms with E-state index in [1.807, 2.05) is 6.07 Å². The van der Waals surface area contributed by atoms with Crippen LogP contribution in [0.1, 0.15) is 52.7 Å². The SMILES string of the molecule is CC(=O)NCC(=O)N1CCC2(CC1)OCCc1cc(C(=O)NC3CC3)sc12. The molecule has 3 amide bonds. The van der Waals surface area contributed by atoms with E-state index in [-0.39, 0.29) is 29.9 Å². The molecule has 0 radical (unpaired) electrons. The lowest BCUT2D eigenvalue weighted by Crippen LogP contribution is -2.50. The van der Waals surface area contributed by atoms with Crippen molar-refractivity contribution in [2.75, 3.05) is 26.2 Å². The van der Waals surface area contributed by atoms with Gasteiger partial charge in [0.1, 0.15) is 5.60 Å². The van der Waals surface area contributed by atoms with Crippen molar-refractivity contribution in [2.45, 2.75) is 50.7 Å². The fourth-order valence-corrected chi connectivity index (χ4v) is 5.13. The number of hydrogen-bond donors (Lipinski definition) is 2. The molecular formula is C19H25N3O4S. The van der Waals surface area contributed by atoms with Gasteiger partial charge >= 0.3 is 0 Å². The summed E-state index contributed by atoms with van der Waals surface area (Å²) >= 11 is 1.54. The van der Waals surface area contributed by atoms with E-state index in [0.717, 1.165) is 41.9 Å². The summed E-state index contributed by atoms with van der Waals surface area (Å²) in [6, 6.07) is 2.37. The first-order valence-electron chi connectivity index (χ1n) is 9.57. The number of thiophene rings is 1. The number of likely N-dealkylation sites (tertiary alicyclic amines) is 1. The lowest BCUT2D eigenvalue weighted by molar-refractivity contribution is -0.140. The summed E-state index contributed by atoms with van der Waals surface area (Å²) in [7, 11) is 0. The van der Waals surface area contributed by atoms with Crippen molar-refractivity contribution in [3.05, 3.63) is 21.4 Å². The first-order valence-corrected chi connectivity index (χ1v) is 10.4. The van der Waals surface area contributed by atoms with E-state index in [4.69, 9.17) is 4.74 Å². The van der Waals surface area contributed by atoms with Gasteiger partial charge in [-0.15, -0.1) is 11.3 Å². The fourth-order valence-electron chi connectivity index (χ4n) is 3.82. The molecule has 1 aromatic rings. The van der Waals surface area contributed by atoms with E-state index >= 15 is 0 Å². The summed E-state index contributed by atoms with van der Waals surface area (Å²) in [6.45, 7) is 3.29. The van der Waals surface area contributed by atoms with E-state index < -0.39 is 0 Å². The predicted molar refractivity (Wildman–Crippen MR) is 101 cm³/mol. The Balaban J connectivity index is 1.44. The number of rotatable bonds is 4. The van der Waals surface area contributed by atoms with Crippen LogP contribution in [-0.4, -0.2) is 54.9 Å². The molecule has 2 N–H and O–H groups in total. The van der Waals surface area contributed by atoms with Crippen LogP contribution in [0.2, 0.25) is 0 Å². The highest BCUT2D eigenvalue weighted by atomic mass is 32.1. The van der Waals surface area contributed by atoms with E-state index in [0.29, 0.717) is 25.7 Å². The summed E-state index contributed by atoms with van der Waals surface area (Å²) < 4.78 is 6.22. The molecule has 3 aliphatic rings. The largest absolute Gasteiger partial charge is 0.369 e. The van der Waals surface area contributed by atoms with Crippen LogP contribution in [-0.2, 0) is 26.3 Å². The lowest BCUT2D eigenvalue weighted by atomic mass is 9.85. The van der Waals surface area contributed by atoms with Gasteiger partial charge in [0.2, 0.25) is 11.8 Å². The highest BCUT2D eigenvalue weighted by molar-refractivity contribution is 7.14. The van der Waals surface area contributed by atoms with Gasteiger partial charge in [0.15, 0.2) is 0 Å². The van der Waals surface area contributed by atoms with Crippen LogP contribution in [0.5, 0.6) is 0 Å². The number of ether oxygens (including phenoxy) is 1. The molecule has 1 saturated heterocycles. The number of hydrogen-bond acceptors (Lipinski definition) is 5. The number of amides is 3. The number of piperidine rings is 1. The van der Waals surface area contributed by atoms with Gasteiger partial charge in [0.25, 0.3) is 5.91 Å². The number of carbonyl (C=O) groups excluding carboxylic acids is 3. The smallest absolute Gasteiger partial charge is 0.261 e. The average molecular weight is 391 g/mol. The maximum Gasteiger partial charge on any atom is 0.261 e. The Bertz CT molecular complexity index is 763. The Hall–Kier alpha value is -1.93. The quantitative estimate of drug-likeness (QED) is 0.807. The Kier molecular flexibility index (Phi) is 4.94. The predicted octanol–water partition coefficient (Wildman–Crippen LogP) is 1.17. The monoisotopic (exact) mass is 391 g/mol. The van der Waals surface area contributed by atoms with E-state index in [1.165, 1.54) is 12.5 Å². The molecule has 1 aromatic heterocycles. The van der Waals surface area contributed by atoms with Crippen molar-refractivity contribution in [3.8, 4) is 0 Å². The molecule has 7 nitrogen and oxygen atoms in total. The number of carbonyl (C=O) groups is 3. The van der Waals surface area contributed by atoms with Gasteiger partial charge < -0.3 is 20.3 Å². The Morgan fingerprint density at radius 1 is 1.30 bits per heavy atom. The van der Waals surface area contributed by atoms with Gasteiger partial charge in [-0.05, 0) is 43.7 Å². The van der Waals surface area contributed by atoms with Gasteiger partial charge in [-0.2, -0.15) is 0 Å². The summed E-state index contributed by atoms with van der Waals surface area (Å²) in [5, 5.41) is 5.62. The third-order valence-electron chi connectivity index (χ3n) is 5.52. The van der Waals surface area contributed by atoms with E-state index in [9.17, 15) is 14.4 Å².